The highest BCUT2D eigenvalue weighted by molar-refractivity contribution is 7.47. The zero-order valence-corrected chi connectivity index (χ0v) is 60.8. The van der Waals surface area contributed by atoms with Gasteiger partial charge in [-0.3, -0.25) is 32.5 Å². The Hall–Kier alpha value is -4.31. The van der Waals surface area contributed by atoms with Gasteiger partial charge in [0.2, 0.25) is 0 Å². The third-order valence-electron chi connectivity index (χ3n) is 14.8. The molecule has 0 spiro atoms. The van der Waals surface area contributed by atoms with Gasteiger partial charge in [-0.05, 0) is 135 Å². The maximum absolute atomic E-state index is 12.9. The van der Waals surface area contributed by atoms with Crippen LogP contribution in [0.4, 0.5) is 0 Å². The zero-order chi connectivity index (χ0) is 69.5. The predicted molar refractivity (Wildman–Crippen MR) is 390 cm³/mol. The first-order valence-electron chi connectivity index (χ1n) is 36.5. The van der Waals surface area contributed by atoms with Crippen molar-refractivity contribution in [3.63, 3.8) is 0 Å². The summed E-state index contributed by atoms with van der Waals surface area (Å²) in [4.78, 5) is 58.4. The summed E-state index contributed by atoms with van der Waals surface area (Å²) in [6.07, 6.45) is 82.3. The number of ether oxygens (including phenoxy) is 3. The van der Waals surface area contributed by atoms with Crippen molar-refractivity contribution < 1.29 is 75.8 Å². The van der Waals surface area contributed by atoms with E-state index in [1.165, 1.54) is 83.5 Å². The van der Waals surface area contributed by atoms with Crippen LogP contribution in [0.3, 0.4) is 0 Å². The van der Waals surface area contributed by atoms with E-state index in [9.17, 15) is 43.5 Å². The molecule has 0 amide bonds. The van der Waals surface area contributed by atoms with Crippen LogP contribution in [0.2, 0.25) is 0 Å². The van der Waals surface area contributed by atoms with E-state index in [1.54, 1.807) is 0 Å². The quantitative estimate of drug-likeness (QED) is 0.0146. The Balaban J connectivity index is 4.54. The summed E-state index contributed by atoms with van der Waals surface area (Å²) < 4.78 is 60.9. The Morgan fingerprint density at radius 2 is 0.568 bits per heavy atom. The number of phosphoric ester groups is 2. The number of carbonyl (C=O) groups is 3. The van der Waals surface area contributed by atoms with Gasteiger partial charge in [0.05, 0.1) is 26.4 Å². The lowest BCUT2D eigenvalue weighted by molar-refractivity contribution is -0.161. The minimum absolute atomic E-state index is 0.0806. The highest BCUT2D eigenvalue weighted by Gasteiger charge is 2.29. The highest BCUT2D eigenvalue weighted by Crippen LogP contribution is 2.45. The van der Waals surface area contributed by atoms with Gasteiger partial charge in [0.25, 0.3) is 0 Å². The number of esters is 3. The smallest absolute Gasteiger partial charge is 0.463 e. The molecule has 0 aliphatic carbocycles. The molecule has 5 atom stereocenters. The van der Waals surface area contributed by atoms with Crippen molar-refractivity contribution in [3.05, 3.63) is 134 Å². The number of phosphoric acid groups is 2. The highest BCUT2D eigenvalue weighted by atomic mass is 31.2. The summed E-state index contributed by atoms with van der Waals surface area (Å²) in [6.45, 7) is 2.41. The lowest BCUT2D eigenvalue weighted by atomic mass is 10.0. The van der Waals surface area contributed by atoms with Crippen LogP contribution in [0.15, 0.2) is 134 Å². The summed E-state index contributed by atoms with van der Waals surface area (Å²) >= 11 is 0. The molecule has 0 aliphatic heterocycles. The Labute approximate surface area is 575 Å². The molecule has 18 heteroatoms. The first kappa shape index (κ1) is 90.7. The third kappa shape index (κ3) is 70.8. The van der Waals surface area contributed by atoms with E-state index in [0.717, 1.165) is 135 Å². The first-order chi connectivity index (χ1) is 46.2. The second-order valence-electron chi connectivity index (χ2n) is 24.0. The summed E-state index contributed by atoms with van der Waals surface area (Å²) in [6, 6.07) is 0. The molecule has 0 rings (SSSR count). The minimum Gasteiger partial charge on any atom is -0.463 e. The number of carbonyl (C=O) groups excluding carboxylic acids is 3. The lowest BCUT2D eigenvalue weighted by Gasteiger charge is -2.21. The average molecular weight is 1370 g/mol. The van der Waals surface area contributed by atoms with Gasteiger partial charge in [0.15, 0.2) is 6.10 Å². The predicted octanol–water partition coefficient (Wildman–Crippen LogP) is 20.8. The van der Waals surface area contributed by atoms with E-state index in [0.29, 0.717) is 19.3 Å². The molecule has 95 heavy (non-hydrogen) atoms. The SMILES string of the molecule is CC/C=C\C/C=C\C/C=C\C/C=C\C/C=C\C/C=C\CCCCC(=O)OCC(COP(=O)(O)OCC(O)COP(=O)(O)OCC(O)COC(=O)CCCCCCCCCCCCC/C=C\C/C=C\C/C=C\C/C=C\CCCCC)OC(=O)CCCCCCC/C=C\CCCC. The molecule has 0 aliphatic rings. The monoisotopic (exact) mass is 1370 g/mol. The number of hydrogen-bond donors (Lipinski definition) is 4. The van der Waals surface area contributed by atoms with Crippen LogP contribution in [0.1, 0.15) is 278 Å². The Bertz CT molecular complexity index is 2260. The molecule has 0 saturated carbocycles. The van der Waals surface area contributed by atoms with Gasteiger partial charge >= 0.3 is 33.6 Å². The van der Waals surface area contributed by atoms with E-state index < -0.39 is 91.5 Å². The second-order valence-corrected chi connectivity index (χ2v) is 26.9. The summed E-state index contributed by atoms with van der Waals surface area (Å²) in [5.74, 6) is -1.65. The van der Waals surface area contributed by atoms with Crippen molar-refractivity contribution >= 4 is 33.6 Å². The molecule has 0 saturated heterocycles. The van der Waals surface area contributed by atoms with Crippen LogP contribution >= 0.6 is 15.6 Å². The minimum atomic E-state index is -4.94. The molecule has 4 N–H and O–H groups in total. The normalized spacial score (nSPS) is 14.9. The van der Waals surface area contributed by atoms with E-state index in [-0.39, 0.29) is 19.3 Å². The maximum atomic E-state index is 12.9. The van der Waals surface area contributed by atoms with Gasteiger partial charge in [-0.15, -0.1) is 0 Å². The van der Waals surface area contributed by atoms with Crippen LogP contribution in [0, 0.1) is 0 Å². The molecule has 0 heterocycles. The van der Waals surface area contributed by atoms with Crippen LogP contribution in [-0.2, 0) is 55.8 Å². The van der Waals surface area contributed by atoms with Crippen molar-refractivity contribution in [2.75, 3.05) is 39.6 Å². The van der Waals surface area contributed by atoms with Crippen molar-refractivity contribution in [2.24, 2.45) is 0 Å². The molecule has 16 nitrogen and oxygen atoms in total. The van der Waals surface area contributed by atoms with Crippen LogP contribution in [0.5, 0.6) is 0 Å². The largest absolute Gasteiger partial charge is 0.472 e. The van der Waals surface area contributed by atoms with E-state index in [2.05, 4.69) is 154 Å². The molecule has 5 unspecified atom stereocenters. The van der Waals surface area contributed by atoms with Crippen molar-refractivity contribution in [1.29, 1.82) is 0 Å². The molecular formula is C77H130O16P2. The number of hydrogen-bond acceptors (Lipinski definition) is 14. The summed E-state index contributed by atoms with van der Waals surface area (Å²) in [5, 5.41) is 20.6. The van der Waals surface area contributed by atoms with Gasteiger partial charge in [-0.1, -0.05) is 257 Å². The fourth-order valence-electron chi connectivity index (χ4n) is 9.24. The zero-order valence-electron chi connectivity index (χ0n) is 59.0. The van der Waals surface area contributed by atoms with Crippen LogP contribution in [-0.4, -0.2) is 95.9 Å². The first-order valence-corrected chi connectivity index (χ1v) is 39.5. The fourth-order valence-corrected chi connectivity index (χ4v) is 10.8. The van der Waals surface area contributed by atoms with Crippen molar-refractivity contribution in [2.45, 2.75) is 296 Å². The molecule has 544 valence electrons. The number of unbranched alkanes of at least 4 members (excludes halogenated alkanes) is 23. The van der Waals surface area contributed by atoms with E-state index in [4.69, 9.17) is 32.3 Å². The standard InChI is InChI=1S/C77H130O16P2/c1-4-7-10-13-16-19-22-24-26-28-30-32-33-34-35-36-37-39-41-42-44-46-49-51-54-57-60-63-75(80)87-66-72(78)67-89-94(83,84)90-68-73(79)69-91-95(85,86)92-71-74(93-77(82)65-62-59-56-53-48-21-18-15-12-9-6-3)70-88-76(81)64-61-58-55-52-50-47-45-43-40-38-31-29-27-25-23-20-17-14-11-8-5-2/h8,11,15-20,24-27,30-32,34-35,38,43,45,50,52,72-74,78-79H,4-7,9-10,12-14,21-23,28-29,33,36-37,39-42,44,46-49,51,53-71H2,1-3H3,(H,83,84)(H,85,86)/b11-8-,18-15-,19-16-,20-17-,26-24-,27-25-,32-30-,35-34-,38-31-,45-43-,52-50-. The van der Waals surface area contributed by atoms with Gasteiger partial charge in [-0.2, -0.15) is 0 Å². The summed E-state index contributed by atoms with van der Waals surface area (Å²) in [5.41, 5.74) is 0. The Morgan fingerprint density at radius 3 is 0.947 bits per heavy atom. The molecule has 0 aromatic rings. The van der Waals surface area contributed by atoms with Gasteiger partial charge in [0.1, 0.15) is 25.4 Å². The maximum Gasteiger partial charge on any atom is 0.472 e. The molecule has 0 bridgehead atoms. The Morgan fingerprint density at radius 1 is 0.305 bits per heavy atom. The van der Waals surface area contributed by atoms with E-state index >= 15 is 0 Å². The number of aliphatic hydroxyl groups excluding tert-OH is 2. The fraction of sp³-hybridized carbons (Fsp3) is 0.675. The molecular weight excluding hydrogens is 1240 g/mol. The van der Waals surface area contributed by atoms with Gasteiger partial charge in [0, 0.05) is 19.3 Å². The molecule has 0 aromatic heterocycles. The average Bonchev–Trinajstić information content (AvgIpc) is 3.77. The van der Waals surface area contributed by atoms with Gasteiger partial charge < -0.3 is 34.2 Å². The second kappa shape index (κ2) is 69.6. The van der Waals surface area contributed by atoms with Crippen molar-refractivity contribution in [3.8, 4) is 0 Å². The topological polar surface area (TPSA) is 231 Å². The number of aliphatic hydroxyl groups is 2. The molecule has 0 fully saturated rings. The lowest BCUT2D eigenvalue weighted by Crippen LogP contribution is -2.30. The molecule has 0 radical (unpaired) electrons. The van der Waals surface area contributed by atoms with Crippen LogP contribution in [0.25, 0.3) is 0 Å². The molecule has 0 aromatic carbocycles. The Kier molecular flexibility index (Phi) is 66.4. The van der Waals surface area contributed by atoms with Gasteiger partial charge in [-0.25, -0.2) is 9.13 Å². The number of allylic oxidation sites excluding steroid dienone is 22. The van der Waals surface area contributed by atoms with Crippen LogP contribution < -0.4 is 0 Å². The summed E-state index contributed by atoms with van der Waals surface area (Å²) in [7, 11) is -9.80. The number of rotatable bonds is 68. The third-order valence-corrected chi connectivity index (χ3v) is 16.7. The van der Waals surface area contributed by atoms with E-state index in [1.807, 2.05) is 0 Å². The van der Waals surface area contributed by atoms with Crippen molar-refractivity contribution in [1.82, 2.24) is 0 Å².